The van der Waals surface area contributed by atoms with Crippen molar-refractivity contribution in [3.8, 4) is 17.2 Å². The van der Waals surface area contributed by atoms with Crippen LogP contribution in [0.1, 0.15) is 17.2 Å². The normalized spacial score (nSPS) is 16.4. The molecule has 8 heteroatoms. The van der Waals surface area contributed by atoms with Gasteiger partial charge in [-0.15, -0.1) is 0 Å². The van der Waals surface area contributed by atoms with E-state index in [4.69, 9.17) is 9.47 Å². The van der Waals surface area contributed by atoms with Crippen LogP contribution in [-0.2, 0) is 21.2 Å². The molecule has 0 amide bonds. The highest BCUT2D eigenvalue weighted by atomic mass is 32.2. The second-order valence-corrected chi connectivity index (χ2v) is 8.94. The molecule has 0 spiro atoms. The smallest absolute Gasteiger partial charge is 0.326 e. The van der Waals surface area contributed by atoms with E-state index in [2.05, 4.69) is 0 Å². The van der Waals surface area contributed by atoms with Crippen molar-refractivity contribution in [2.45, 2.75) is 17.4 Å². The first kappa shape index (κ1) is 20.9. The summed E-state index contributed by atoms with van der Waals surface area (Å²) in [6.45, 7) is 0.0976. The van der Waals surface area contributed by atoms with Gasteiger partial charge in [0.2, 0.25) is 10.0 Å². The third-order valence-corrected chi connectivity index (χ3v) is 7.08. The molecule has 0 saturated heterocycles. The quantitative estimate of drug-likeness (QED) is 0.627. The van der Waals surface area contributed by atoms with Gasteiger partial charge in [-0.25, -0.2) is 8.42 Å². The number of sulfonamides is 1. The summed E-state index contributed by atoms with van der Waals surface area (Å²) >= 11 is 0. The number of carboxylic acids is 1. The van der Waals surface area contributed by atoms with Crippen LogP contribution in [0.15, 0.2) is 77.7 Å². The Balaban J connectivity index is 1.59. The minimum absolute atomic E-state index is 0.0141. The Morgan fingerprint density at radius 1 is 0.935 bits per heavy atom. The van der Waals surface area contributed by atoms with Gasteiger partial charge in [0.1, 0.15) is 23.3 Å². The van der Waals surface area contributed by atoms with Gasteiger partial charge >= 0.3 is 5.97 Å². The van der Waals surface area contributed by atoms with Gasteiger partial charge in [0, 0.05) is 6.54 Å². The van der Waals surface area contributed by atoms with Crippen LogP contribution in [-0.4, -0.2) is 37.5 Å². The molecular formula is C23H21NO6S. The molecule has 0 bridgehead atoms. The van der Waals surface area contributed by atoms with Crippen LogP contribution < -0.4 is 9.47 Å². The molecule has 3 aromatic carbocycles. The molecule has 4 rings (SSSR count). The van der Waals surface area contributed by atoms with E-state index < -0.39 is 22.0 Å². The fraction of sp³-hybridized carbons (Fsp3) is 0.174. The number of nitrogens with zero attached hydrogens (tertiary/aromatic N) is 1. The van der Waals surface area contributed by atoms with Crippen molar-refractivity contribution >= 4 is 16.0 Å². The van der Waals surface area contributed by atoms with E-state index in [0.29, 0.717) is 29.2 Å². The summed E-state index contributed by atoms with van der Waals surface area (Å²) in [5, 5.41) is 9.78. The molecule has 3 aromatic rings. The molecule has 0 aromatic heterocycles. The highest BCUT2D eigenvalue weighted by Gasteiger charge is 2.40. The maximum atomic E-state index is 13.3. The van der Waals surface area contributed by atoms with Crippen molar-refractivity contribution in [2.24, 2.45) is 0 Å². The molecule has 1 atom stereocenters. The number of benzene rings is 3. The Kier molecular flexibility index (Phi) is 5.67. The first-order valence-electron chi connectivity index (χ1n) is 9.64. The van der Waals surface area contributed by atoms with Crippen LogP contribution in [0, 0.1) is 0 Å². The highest BCUT2D eigenvalue weighted by molar-refractivity contribution is 7.89. The lowest BCUT2D eigenvalue weighted by Gasteiger charge is -2.33. The summed E-state index contributed by atoms with van der Waals surface area (Å²) in [6.07, 6.45) is 0.456. The molecule has 0 fully saturated rings. The van der Waals surface area contributed by atoms with Crippen molar-refractivity contribution in [1.29, 1.82) is 0 Å². The summed E-state index contributed by atoms with van der Waals surface area (Å²) in [6, 6.07) is 18.7. The number of methoxy groups -OCH3 is 1. The lowest BCUT2D eigenvalue weighted by Crippen LogP contribution is -2.43. The van der Waals surface area contributed by atoms with Gasteiger partial charge in [-0.3, -0.25) is 4.79 Å². The molecule has 1 aliphatic rings. The van der Waals surface area contributed by atoms with Crippen LogP contribution in [0.2, 0.25) is 0 Å². The second-order valence-electron chi connectivity index (χ2n) is 7.05. The Morgan fingerprint density at radius 2 is 1.52 bits per heavy atom. The first-order valence-corrected chi connectivity index (χ1v) is 11.1. The second kappa shape index (κ2) is 8.41. The molecule has 0 aliphatic carbocycles. The fourth-order valence-corrected chi connectivity index (χ4v) is 5.22. The van der Waals surface area contributed by atoms with E-state index in [1.54, 1.807) is 55.6 Å². The number of carboxylic acid groups (broad SMARTS) is 1. The van der Waals surface area contributed by atoms with Crippen LogP contribution in [0.4, 0.5) is 0 Å². The van der Waals surface area contributed by atoms with Crippen LogP contribution in [0.25, 0.3) is 0 Å². The summed E-state index contributed by atoms with van der Waals surface area (Å²) < 4.78 is 38.4. The van der Waals surface area contributed by atoms with Gasteiger partial charge in [0.25, 0.3) is 0 Å². The van der Waals surface area contributed by atoms with Crippen molar-refractivity contribution in [1.82, 2.24) is 4.31 Å². The SMILES string of the molecule is COc1ccc(Oc2ccc(S(=O)(=O)N3CCc4ccccc4[C@@H]3C(=O)O)cc2)cc1. The number of fused-ring (bicyclic) bond motifs is 1. The minimum atomic E-state index is -4.02. The van der Waals surface area contributed by atoms with E-state index >= 15 is 0 Å². The van der Waals surface area contributed by atoms with Crippen LogP contribution >= 0.6 is 0 Å². The van der Waals surface area contributed by atoms with Gasteiger partial charge in [0.15, 0.2) is 0 Å². The van der Waals surface area contributed by atoms with Gasteiger partial charge in [0.05, 0.1) is 12.0 Å². The predicted molar refractivity (Wildman–Crippen MR) is 114 cm³/mol. The van der Waals surface area contributed by atoms with E-state index in [1.165, 1.54) is 12.1 Å². The number of ether oxygens (including phenoxy) is 2. The molecule has 1 aliphatic heterocycles. The standard InChI is InChI=1S/C23H21NO6S/c1-29-17-6-8-18(9-7-17)30-19-10-12-20(13-11-19)31(27,28)24-15-14-16-4-2-3-5-21(16)22(24)23(25)26/h2-13,22H,14-15H2,1H3,(H,25,26)/t22-/m1/s1. The monoisotopic (exact) mass is 439 g/mol. The van der Waals surface area contributed by atoms with Crippen LogP contribution in [0.3, 0.4) is 0 Å². The van der Waals surface area contributed by atoms with E-state index in [0.717, 1.165) is 9.87 Å². The molecule has 1 N–H and O–H groups in total. The fourth-order valence-electron chi connectivity index (χ4n) is 3.65. The zero-order valence-corrected chi connectivity index (χ0v) is 17.6. The third kappa shape index (κ3) is 4.12. The Hall–Kier alpha value is -3.36. The maximum Gasteiger partial charge on any atom is 0.326 e. The summed E-state index contributed by atoms with van der Waals surface area (Å²) in [5.74, 6) is 0.540. The van der Waals surface area contributed by atoms with Crippen LogP contribution in [0.5, 0.6) is 17.2 Å². The molecule has 7 nitrogen and oxygen atoms in total. The number of hydrogen-bond donors (Lipinski definition) is 1. The van der Waals surface area contributed by atoms with E-state index in [9.17, 15) is 18.3 Å². The third-order valence-electron chi connectivity index (χ3n) is 5.20. The largest absolute Gasteiger partial charge is 0.497 e. The number of hydrogen-bond acceptors (Lipinski definition) is 5. The van der Waals surface area contributed by atoms with Gasteiger partial charge in [-0.2, -0.15) is 4.31 Å². The first-order chi connectivity index (χ1) is 14.9. The number of rotatable bonds is 6. The zero-order chi connectivity index (χ0) is 22.0. The van der Waals surface area contributed by atoms with Gasteiger partial charge in [-0.05, 0) is 66.1 Å². The average Bonchev–Trinajstić information content (AvgIpc) is 2.79. The van der Waals surface area contributed by atoms with Crippen molar-refractivity contribution in [3.05, 3.63) is 83.9 Å². The van der Waals surface area contributed by atoms with Crippen molar-refractivity contribution in [2.75, 3.05) is 13.7 Å². The Bertz CT molecular complexity index is 1190. The maximum absolute atomic E-state index is 13.3. The molecule has 0 unspecified atom stereocenters. The van der Waals surface area contributed by atoms with E-state index in [1.807, 2.05) is 12.1 Å². The Labute approximate surface area is 180 Å². The topological polar surface area (TPSA) is 93.1 Å². The molecule has 0 radical (unpaired) electrons. The lowest BCUT2D eigenvalue weighted by atomic mass is 9.94. The molecule has 0 saturated carbocycles. The lowest BCUT2D eigenvalue weighted by molar-refractivity contribution is -0.142. The summed E-state index contributed by atoms with van der Waals surface area (Å²) in [5.41, 5.74) is 1.36. The average molecular weight is 439 g/mol. The summed E-state index contributed by atoms with van der Waals surface area (Å²) in [7, 11) is -2.44. The van der Waals surface area contributed by atoms with Gasteiger partial charge in [-0.1, -0.05) is 24.3 Å². The zero-order valence-electron chi connectivity index (χ0n) is 16.8. The highest BCUT2D eigenvalue weighted by Crippen LogP contribution is 2.35. The summed E-state index contributed by atoms with van der Waals surface area (Å²) in [4.78, 5) is 12.0. The molecule has 1 heterocycles. The molecule has 160 valence electrons. The predicted octanol–water partition coefficient (Wildman–Crippen LogP) is 3.86. The minimum Gasteiger partial charge on any atom is -0.497 e. The van der Waals surface area contributed by atoms with Crippen molar-refractivity contribution < 1.29 is 27.8 Å². The Morgan fingerprint density at radius 3 is 2.13 bits per heavy atom. The number of carbonyl (C=O) groups is 1. The molecular weight excluding hydrogens is 418 g/mol. The van der Waals surface area contributed by atoms with Gasteiger partial charge < -0.3 is 14.6 Å². The van der Waals surface area contributed by atoms with Crippen molar-refractivity contribution in [3.63, 3.8) is 0 Å². The molecule has 31 heavy (non-hydrogen) atoms. The van der Waals surface area contributed by atoms with E-state index in [-0.39, 0.29) is 11.4 Å². The number of aliphatic carboxylic acids is 1.